The summed E-state index contributed by atoms with van der Waals surface area (Å²) in [4.78, 5) is 2.34. The zero-order chi connectivity index (χ0) is 10.4. The third-order valence-corrected chi connectivity index (χ3v) is 3.52. The van der Waals surface area contributed by atoms with E-state index in [2.05, 4.69) is 11.2 Å². The lowest BCUT2D eigenvalue weighted by Gasteiger charge is -2.25. The summed E-state index contributed by atoms with van der Waals surface area (Å²) in [6.45, 7) is 2.35. The molecule has 0 radical (unpaired) electrons. The van der Waals surface area contributed by atoms with Crippen LogP contribution < -0.4 is 5.73 Å². The van der Waals surface area contributed by atoms with Crippen molar-refractivity contribution < 1.29 is 5.11 Å². The molecule has 0 aliphatic carbocycles. The SMILES string of the molecule is CSCC[C@H](N)CN1CCC[C@@H]1CO. The van der Waals surface area contributed by atoms with E-state index >= 15 is 0 Å². The number of hydrogen-bond donors (Lipinski definition) is 2. The molecule has 14 heavy (non-hydrogen) atoms. The first kappa shape index (κ1) is 12.3. The summed E-state index contributed by atoms with van der Waals surface area (Å²) in [5.74, 6) is 1.14. The van der Waals surface area contributed by atoms with Crippen molar-refractivity contribution in [3.05, 3.63) is 0 Å². The van der Waals surface area contributed by atoms with Crippen LogP contribution in [0.3, 0.4) is 0 Å². The zero-order valence-electron chi connectivity index (χ0n) is 8.98. The largest absolute Gasteiger partial charge is 0.395 e. The molecule has 0 saturated carbocycles. The summed E-state index contributed by atoms with van der Waals surface area (Å²) in [5, 5.41) is 9.14. The molecule has 0 amide bonds. The zero-order valence-corrected chi connectivity index (χ0v) is 9.80. The molecule has 2 atom stereocenters. The summed E-state index contributed by atoms with van der Waals surface area (Å²) in [7, 11) is 0. The molecule has 1 aliphatic rings. The first-order valence-corrected chi connectivity index (χ1v) is 6.76. The topological polar surface area (TPSA) is 49.5 Å². The summed E-state index contributed by atoms with van der Waals surface area (Å²) in [6.07, 6.45) is 5.53. The van der Waals surface area contributed by atoms with E-state index in [4.69, 9.17) is 10.8 Å². The molecule has 1 heterocycles. The number of nitrogens with zero attached hydrogens (tertiary/aromatic N) is 1. The van der Waals surface area contributed by atoms with Crippen molar-refractivity contribution in [2.24, 2.45) is 5.73 Å². The Morgan fingerprint density at radius 2 is 2.43 bits per heavy atom. The molecule has 4 heteroatoms. The van der Waals surface area contributed by atoms with Crippen LogP contribution in [0.2, 0.25) is 0 Å². The molecule has 0 aromatic carbocycles. The highest BCUT2D eigenvalue weighted by Crippen LogP contribution is 2.17. The van der Waals surface area contributed by atoms with Crippen LogP contribution in [0.1, 0.15) is 19.3 Å². The van der Waals surface area contributed by atoms with Gasteiger partial charge in [0, 0.05) is 18.6 Å². The molecule has 0 unspecified atom stereocenters. The quantitative estimate of drug-likeness (QED) is 0.682. The number of likely N-dealkylation sites (tertiary alicyclic amines) is 1. The molecule has 1 rings (SSSR count). The van der Waals surface area contributed by atoms with Crippen LogP contribution >= 0.6 is 11.8 Å². The molecule has 3 N–H and O–H groups in total. The monoisotopic (exact) mass is 218 g/mol. The summed E-state index contributed by atoms with van der Waals surface area (Å²) in [6, 6.07) is 0.643. The maximum absolute atomic E-state index is 9.14. The van der Waals surface area contributed by atoms with Crippen molar-refractivity contribution in [3.63, 3.8) is 0 Å². The Bertz CT molecular complexity index is 157. The fraction of sp³-hybridized carbons (Fsp3) is 1.00. The van der Waals surface area contributed by atoms with E-state index in [0.29, 0.717) is 6.04 Å². The first-order valence-electron chi connectivity index (χ1n) is 5.37. The molecule has 84 valence electrons. The lowest BCUT2D eigenvalue weighted by atomic mass is 10.2. The van der Waals surface area contributed by atoms with Crippen LogP contribution in [-0.4, -0.2) is 53.8 Å². The summed E-state index contributed by atoms with van der Waals surface area (Å²) < 4.78 is 0. The van der Waals surface area contributed by atoms with Gasteiger partial charge in [0.25, 0.3) is 0 Å². The van der Waals surface area contributed by atoms with Gasteiger partial charge in [-0.1, -0.05) is 0 Å². The molecular formula is C10H22N2OS. The number of hydrogen-bond acceptors (Lipinski definition) is 4. The minimum Gasteiger partial charge on any atom is -0.395 e. The van der Waals surface area contributed by atoms with E-state index in [1.807, 2.05) is 11.8 Å². The highest BCUT2D eigenvalue weighted by atomic mass is 32.2. The van der Waals surface area contributed by atoms with Gasteiger partial charge < -0.3 is 10.8 Å². The fourth-order valence-electron chi connectivity index (χ4n) is 2.00. The number of nitrogens with two attached hydrogens (primary N) is 1. The molecule has 3 nitrogen and oxygen atoms in total. The van der Waals surface area contributed by atoms with Crippen LogP contribution in [0.4, 0.5) is 0 Å². The normalized spacial score (nSPS) is 25.5. The lowest BCUT2D eigenvalue weighted by molar-refractivity contribution is 0.152. The molecule has 1 saturated heterocycles. The van der Waals surface area contributed by atoms with Crippen LogP contribution in [0.25, 0.3) is 0 Å². The predicted octanol–water partition coefficient (Wildman–Crippen LogP) is 0.523. The Labute approximate surface area is 91.0 Å². The maximum Gasteiger partial charge on any atom is 0.0586 e. The minimum atomic E-state index is 0.273. The number of aliphatic hydroxyl groups is 1. The minimum absolute atomic E-state index is 0.273. The van der Waals surface area contributed by atoms with Gasteiger partial charge in [0.15, 0.2) is 0 Å². The smallest absolute Gasteiger partial charge is 0.0586 e. The average molecular weight is 218 g/mol. The van der Waals surface area contributed by atoms with Crippen molar-refractivity contribution >= 4 is 11.8 Å². The third kappa shape index (κ3) is 3.77. The van der Waals surface area contributed by atoms with E-state index in [1.54, 1.807) is 0 Å². The highest BCUT2D eigenvalue weighted by Gasteiger charge is 2.24. The fourth-order valence-corrected chi connectivity index (χ4v) is 2.54. The molecule has 0 aromatic heterocycles. The molecule has 1 fully saturated rings. The van der Waals surface area contributed by atoms with E-state index in [1.165, 1.54) is 6.42 Å². The molecular weight excluding hydrogens is 196 g/mol. The van der Waals surface area contributed by atoms with Gasteiger partial charge in [-0.15, -0.1) is 0 Å². The third-order valence-electron chi connectivity index (χ3n) is 2.87. The van der Waals surface area contributed by atoms with E-state index < -0.39 is 0 Å². The van der Waals surface area contributed by atoms with E-state index in [0.717, 1.165) is 31.7 Å². The van der Waals surface area contributed by atoms with Crippen LogP contribution in [-0.2, 0) is 0 Å². The van der Waals surface area contributed by atoms with Crippen molar-refractivity contribution in [2.45, 2.75) is 31.3 Å². The lowest BCUT2D eigenvalue weighted by Crippen LogP contribution is -2.41. The van der Waals surface area contributed by atoms with Crippen molar-refractivity contribution in [2.75, 3.05) is 31.7 Å². The first-order chi connectivity index (χ1) is 6.77. The van der Waals surface area contributed by atoms with Crippen LogP contribution in [0.15, 0.2) is 0 Å². The van der Waals surface area contributed by atoms with Crippen LogP contribution in [0, 0.1) is 0 Å². The van der Waals surface area contributed by atoms with Gasteiger partial charge in [-0.05, 0) is 37.8 Å². The number of aliphatic hydroxyl groups excluding tert-OH is 1. The van der Waals surface area contributed by atoms with Gasteiger partial charge in [0.1, 0.15) is 0 Å². The van der Waals surface area contributed by atoms with Gasteiger partial charge in [-0.3, -0.25) is 4.90 Å². The van der Waals surface area contributed by atoms with Crippen molar-refractivity contribution in [1.29, 1.82) is 0 Å². The Kier molecular flexibility index (Phi) is 5.86. The number of thioether (sulfide) groups is 1. The van der Waals surface area contributed by atoms with Gasteiger partial charge in [-0.2, -0.15) is 11.8 Å². The second-order valence-corrected chi connectivity index (χ2v) is 5.00. The maximum atomic E-state index is 9.14. The van der Waals surface area contributed by atoms with Gasteiger partial charge in [0.05, 0.1) is 6.61 Å². The second kappa shape index (κ2) is 6.67. The number of rotatable bonds is 6. The molecule has 0 aromatic rings. The second-order valence-electron chi connectivity index (χ2n) is 4.02. The molecule has 0 bridgehead atoms. The molecule has 1 aliphatic heterocycles. The van der Waals surface area contributed by atoms with Crippen molar-refractivity contribution in [1.82, 2.24) is 4.90 Å². The molecule has 0 spiro atoms. The van der Waals surface area contributed by atoms with E-state index in [-0.39, 0.29) is 12.6 Å². The Hall–Kier alpha value is 0.230. The summed E-state index contributed by atoms with van der Waals surface area (Å²) in [5.41, 5.74) is 6.02. The Balaban J connectivity index is 2.21. The van der Waals surface area contributed by atoms with Gasteiger partial charge >= 0.3 is 0 Å². The van der Waals surface area contributed by atoms with Crippen molar-refractivity contribution in [3.8, 4) is 0 Å². The Morgan fingerprint density at radius 3 is 3.07 bits per heavy atom. The predicted molar refractivity (Wildman–Crippen MR) is 62.7 cm³/mol. The highest BCUT2D eigenvalue weighted by molar-refractivity contribution is 7.98. The van der Waals surface area contributed by atoms with Gasteiger partial charge in [0.2, 0.25) is 0 Å². The van der Waals surface area contributed by atoms with Crippen LogP contribution in [0.5, 0.6) is 0 Å². The standard InChI is InChI=1S/C10H22N2OS/c1-14-6-4-9(11)7-12-5-2-3-10(12)8-13/h9-10,13H,2-8,11H2,1H3/t9-,10+/m0/s1. The summed E-state index contributed by atoms with van der Waals surface area (Å²) >= 11 is 1.85. The van der Waals surface area contributed by atoms with Gasteiger partial charge in [-0.25, -0.2) is 0 Å². The average Bonchev–Trinajstić information content (AvgIpc) is 2.62. The Morgan fingerprint density at radius 1 is 1.64 bits per heavy atom. The van der Waals surface area contributed by atoms with E-state index in [9.17, 15) is 0 Å².